The molecule has 0 aliphatic heterocycles. The molecular formula is C12H18BrFN2O. The van der Waals surface area contributed by atoms with Gasteiger partial charge in [-0.2, -0.15) is 0 Å². The van der Waals surface area contributed by atoms with E-state index in [1.165, 1.54) is 6.07 Å². The van der Waals surface area contributed by atoms with Gasteiger partial charge in [0.05, 0.1) is 4.47 Å². The fraction of sp³-hybridized carbons (Fsp3) is 0.500. The predicted molar refractivity (Wildman–Crippen MR) is 70.2 cm³/mol. The van der Waals surface area contributed by atoms with E-state index in [0.29, 0.717) is 16.6 Å². The summed E-state index contributed by atoms with van der Waals surface area (Å²) in [5, 5.41) is 12.7. The van der Waals surface area contributed by atoms with E-state index in [1.54, 1.807) is 12.1 Å². The average Bonchev–Trinajstić information content (AvgIpc) is 2.22. The summed E-state index contributed by atoms with van der Waals surface area (Å²) in [5.41, 5.74) is 6.21. The molecule has 0 radical (unpaired) electrons. The normalized spacial score (nSPS) is 15.0. The molecule has 5 heteroatoms. The van der Waals surface area contributed by atoms with Crippen LogP contribution in [0.5, 0.6) is 0 Å². The van der Waals surface area contributed by atoms with Gasteiger partial charge in [-0.1, -0.05) is 19.9 Å². The van der Waals surface area contributed by atoms with E-state index in [0.717, 1.165) is 0 Å². The van der Waals surface area contributed by atoms with Crippen LogP contribution in [0.1, 0.15) is 25.3 Å². The van der Waals surface area contributed by atoms with E-state index in [-0.39, 0.29) is 17.8 Å². The van der Waals surface area contributed by atoms with Crippen LogP contribution in [0, 0.1) is 5.82 Å². The van der Waals surface area contributed by atoms with E-state index in [4.69, 9.17) is 5.73 Å². The second-order valence-corrected chi connectivity index (χ2v) is 5.19. The Bertz CT molecular complexity index is 372. The molecule has 0 saturated carbocycles. The summed E-state index contributed by atoms with van der Waals surface area (Å²) < 4.78 is 13.8. The highest BCUT2D eigenvalue weighted by Gasteiger charge is 2.19. The van der Waals surface area contributed by atoms with Gasteiger partial charge < -0.3 is 16.2 Å². The largest absolute Gasteiger partial charge is 0.378 e. The van der Waals surface area contributed by atoms with Gasteiger partial charge in [-0.05, 0) is 33.6 Å². The molecule has 17 heavy (non-hydrogen) atoms. The van der Waals surface area contributed by atoms with Crippen molar-refractivity contribution < 1.29 is 9.50 Å². The van der Waals surface area contributed by atoms with Gasteiger partial charge in [-0.25, -0.2) is 4.39 Å². The van der Waals surface area contributed by atoms with E-state index >= 15 is 0 Å². The van der Waals surface area contributed by atoms with Crippen LogP contribution in [0.3, 0.4) is 0 Å². The van der Waals surface area contributed by atoms with Crippen molar-refractivity contribution in [1.82, 2.24) is 5.32 Å². The third-order valence-electron chi connectivity index (χ3n) is 2.53. The summed E-state index contributed by atoms with van der Waals surface area (Å²) in [6.45, 7) is 4.51. The van der Waals surface area contributed by atoms with Crippen LogP contribution in [0.15, 0.2) is 22.7 Å². The lowest BCUT2D eigenvalue weighted by atomic mass is 9.97. The lowest BCUT2D eigenvalue weighted by molar-refractivity contribution is 0.147. The highest BCUT2D eigenvalue weighted by Crippen LogP contribution is 2.23. The minimum atomic E-state index is -1.01. The lowest BCUT2D eigenvalue weighted by Crippen LogP contribution is -2.37. The number of hydrogen-bond acceptors (Lipinski definition) is 3. The zero-order chi connectivity index (χ0) is 13.0. The molecule has 2 atom stereocenters. The Hall–Kier alpha value is -0.490. The van der Waals surface area contributed by atoms with Crippen LogP contribution >= 0.6 is 15.9 Å². The number of nitrogens with one attached hydrogen (secondary N) is 1. The van der Waals surface area contributed by atoms with Gasteiger partial charge in [0.15, 0.2) is 0 Å². The van der Waals surface area contributed by atoms with Gasteiger partial charge in [0.2, 0.25) is 0 Å². The molecule has 0 aromatic heterocycles. The van der Waals surface area contributed by atoms with Crippen molar-refractivity contribution in [2.24, 2.45) is 5.73 Å². The number of aliphatic hydroxyl groups is 1. The van der Waals surface area contributed by atoms with E-state index in [2.05, 4.69) is 21.2 Å². The maximum atomic E-state index is 13.4. The van der Waals surface area contributed by atoms with Gasteiger partial charge in [-0.3, -0.25) is 0 Å². The zero-order valence-corrected chi connectivity index (χ0v) is 11.5. The Labute approximate surface area is 109 Å². The van der Waals surface area contributed by atoms with Crippen molar-refractivity contribution in [2.45, 2.75) is 32.0 Å². The van der Waals surface area contributed by atoms with Crippen LogP contribution in [0.4, 0.5) is 4.39 Å². The Morgan fingerprint density at radius 2 is 2.12 bits per heavy atom. The molecule has 0 aliphatic carbocycles. The Morgan fingerprint density at radius 3 is 2.59 bits per heavy atom. The molecule has 0 amide bonds. The summed E-state index contributed by atoms with van der Waals surface area (Å²) in [5.74, 6) is -0.669. The molecule has 0 spiro atoms. The SMILES string of the molecule is CC(C)NC[C@H](c1ccc(Br)c(F)c1)C(N)O. The van der Waals surface area contributed by atoms with E-state index in [1.807, 2.05) is 13.8 Å². The Kier molecular flexibility index (Phi) is 5.52. The van der Waals surface area contributed by atoms with Gasteiger partial charge in [0, 0.05) is 18.5 Å². The number of halogens is 2. The summed E-state index contributed by atoms with van der Waals surface area (Å²) in [4.78, 5) is 0. The predicted octanol–water partition coefficient (Wildman–Crippen LogP) is 1.95. The van der Waals surface area contributed by atoms with E-state index in [9.17, 15) is 9.50 Å². The summed E-state index contributed by atoms with van der Waals surface area (Å²) >= 11 is 3.09. The molecule has 0 aliphatic rings. The van der Waals surface area contributed by atoms with Crippen molar-refractivity contribution in [2.75, 3.05) is 6.54 Å². The van der Waals surface area contributed by atoms with Crippen molar-refractivity contribution in [1.29, 1.82) is 0 Å². The first-order chi connectivity index (χ1) is 7.91. The fourth-order valence-electron chi connectivity index (χ4n) is 1.54. The van der Waals surface area contributed by atoms with E-state index < -0.39 is 6.23 Å². The van der Waals surface area contributed by atoms with Crippen molar-refractivity contribution in [3.63, 3.8) is 0 Å². The Balaban J connectivity index is 2.85. The number of nitrogens with two attached hydrogens (primary N) is 1. The van der Waals surface area contributed by atoms with Crippen LogP contribution in [0.25, 0.3) is 0 Å². The fourth-order valence-corrected chi connectivity index (χ4v) is 1.79. The molecule has 0 fully saturated rings. The molecule has 4 N–H and O–H groups in total. The van der Waals surface area contributed by atoms with Gasteiger partial charge in [0.1, 0.15) is 12.0 Å². The molecule has 1 aromatic carbocycles. The minimum absolute atomic E-state index is 0.288. The molecule has 0 saturated heterocycles. The highest BCUT2D eigenvalue weighted by atomic mass is 79.9. The molecule has 0 bridgehead atoms. The van der Waals surface area contributed by atoms with Gasteiger partial charge >= 0.3 is 0 Å². The third kappa shape index (κ3) is 4.35. The quantitative estimate of drug-likeness (QED) is 0.729. The smallest absolute Gasteiger partial charge is 0.137 e. The molecule has 1 rings (SSSR count). The third-order valence-corrected chi connectivity index (χ3v) is 3.17. The maximum Gasteiger partial charge on any atom is 0.137 e. The number of aliphatic hydroxyl groups excluding tert-OH is 1. The van der Waals surface area contributed by atoms with Crippen LogP contribution in [-0.4, -0.2) is 23.9 Å². The minimum Gasteiger partial charge on any atom is -0.378 e. The molecule has 0 heterocycles. The van der Waals surface area contributed by atoms with Crippen LogP contribution < -0.4 is 11.1 Å². The Morgan fingerprint density at radius 1 is 1.47 bits per heavy atom. The molecule has 96 valence electrons. The summed E-state index contributed by atoms with van der Waals surface area (Å²) in [6.07, 6.45) is -1.01. The first kappa shape index (κ1) is 14.6. The van der Waals surface area contributed by atoms with Crippen LogP contribution in [-0.2, 0) is 0 Å². The summed E-state index contributed by atoms with van der Waals surface area (Å²) in [6, 6.07) is 5.06. The lowest BCUT2D eigenvalue weighted by Gasteiger charge is -2.22. The van der Waals surface area contributed by atoms with Crippen LogP contribution in [0.2, 0.25) is 0 Å². The summed E-state index contributed by atoms with van der Waals surface area (Å²) in [7, 11) is 0. The molecule has 3 nitrogen and oxygen atoms in total. The zero-order valence-electron chi connectivity index (χ0n) is 9.95. The topological polar surface area (TPSA) is 58.3 Å². The molecule has 1 unspecified atom stereocenters. The van der Waals surface area contributed by atoms with Gasteiger partial charge in [-0.15, -0.1) is 0 Å². The maximum absolute atomic E-state index is 13.4. The van der Waals surface area contributed by atoms with Crippen molar-refractivity contribution >= 4 is 15.9 Å². The molecule has 1 aromatic rings. The standard InChI is InChI=1S/C12H18BrFN2O/c1-7(2)16-6-9(12(15)17)8-3-4-10(13)11(14)5-8/h3-5,7,9,12,16-17H,6,15H2,1-2H3/t9-,12?/m1/s1. The molecular weight excluding hydrogens is 287 g/mol. The monoisotopic (exact) mass is 304 g/mol. The number of hydrogen-bond donors (Lipinski definition) is 3. The van der Waals surface area contributed by atoms with Crippen molar-refractivity contribution in [3.8, 4) is 0 Å². The second-order valence-electron chi connectivity index (χ2n) is 4.33. The number of rotatable bonds is 5. The highest BCUT2D eigenvalue weighted by molar-refractivity contribution is 9.10. The second kappa shape index (κ2) is 6.44. The number of benzene rings is 1. The van der Waals surface area contributed by atoms with Crippen molar-refractivity contribution in [3.05, 3.63) is 34.1 Å². The first-order valence-electron chi connectivity index (χ1n) is 5.53. The average molecular weight is 305 g/mol. The first-order valence-corrected chi connectivity index (χ1v) is 6.33. The van der Waals surface area contributed by atoms with Gasteiger partial charge in [0.25, 0.3) is 0 Å².